The third kappa shape index (κ3) is 3.40. The number of sulfone groups is 1. The zero-order valence-electron chi connectivity index (χ0n) is 17.4. The second kappa shape index (κ2) is 8.29. The Labute approximate surface area is 190 Å². The lowest BCUT2D eigenvalue weighted by atomic mass is 9.98. The summed E-state index contributed by atoms with van der Waals surface area (Å²) in [5.41, 5.74) is -1.61. The van der Waals surface area contributed by atoms with Gasteiger partial charge in [-0.15, -0.1) is 0 Å². The van der Waals surface area contributed by atoms with Crippen LogP contribution in [-0.4, -0.2) is 45.6 Å². The normalized spacial score (nSPS) is 20.5. The Morgan fingerprint density at radius 1 is 1.00 bits per heavy atom. The Balaban J connectivity index is 1.88. The molecule has 170 valence electrons. The van der Waals surface area contributed by atoms with Crippen LogP contribution in [-0.2, 0) is 28.9 Å². The molecule has 0 amide bonds. The Morgan fingerprint density at radius 3 is 2.19 bits per heavy atom. The standard InChI is InChI=1S/C22H21ClO8S/c1-3-28-20(24)22(21(25)29-4-2)18(13-5-10-16-17(11-13)31-12-30-16)19(22)32(26,27)15-8-6-14(23)7-9-15/h5-11,18-19H,3-4,12H2,1-2H3/t18-,19+/m0/s1. The van der Waals surface area contributed by atoms with Crippen LogP contribution in [0, 0.1) is 5.41 Å². The number of benzene rings is 2. The van der Waals surface area contributed by atoms with E-state index in [0.717, 1.165) is 0 Å². The van der Waals surface area contributed by atoms with Crippen LogP contribution in [0.3, 0.4) is 0 Å². The van der Waals surface area contributed by atoms with Crippen LogP contribution >= 0.6 is 11.6 Å². The molecule has 0 bridgehead atoms. The summed E-state index contributed by atoms with van der Waals surface area (Å²) in [5.74, 6) is -2.02. The van der Waals surface area contributed by atoms with Gasteiger partial charge >= 0.3 is 11.9 Å². The summed E-state index contributed by atoms with van der Waals surface area (Å²) in [4.78, 5) is 26.2. The molecule has 0 saturated heterocycles. The molecule has 1 heterocycles. The summed E-state index contributed by atoms with van der Waals surface area (Å²) in [6, 6.07) is 10.4. The number of hydrogen-bond acceptors (Lipinski definition) is 8. The number of hydrogen-bond donors (Lipinski definition) is 0. The topological polar surface area (TPSA) is 105 Å². The van der Waals surface area contributed by atoms with Crippen molar-refractivity contribution in [3.63, 3.8) is 0 Å². The molecule has 0 unspecified atom stereocenters. The van der Waals surface area contributed by atoms with Gasteiger partial charge in [0.1, 0.15) is 5.25 Å². The molecule has 8 nitrogen and oxygen atoms in total. The predicted octanol–water partition coefficient (Wildman–Crippen LogP) is 3.12. The van der Waals surface area contributed by atoms with Crippen LogP contribution in [0.25, 0.3) is 0 Å². The highest BCUT2D eigenvalue weighted by molar-refractivity contribution is 7.92. The Kier molecular flexibility index (Phi) is 5.81. The number of carbonyl (C=O) groups excluding carboxylic acids is 2. The van der Waals surface area contributed by atoms with Gasteiger partial charge < -0.3 is 18.9 Å². The summed E-state index contributed by atoms with van der Waals surface area (Å²) < 4.78 is 48.4. The third-order valence-electron chi connectivity index (χ3n) is 5.59. The Morgan fingerprint density at radius 2 is 1.59 bits per heavy atom. The van der Waals surface area contributed by atoms with E-state index in [1.54, 1.807) is 32.0 Å². The molecule has 10 heteroatoms. The second-order valence-corrected chi connectivity index (χ2v) is 9.83. The molecule has 1 aliphatic heterocycles. The van der Waals surface area contributed by atoms with E-state index >= 15 is 0 Å². The molecule has 2 aromatic carbocycles. The van der Waals surface area contributed by atoms with Crippen molar-refractivity contribution < 1.29 is 37.0 Å². The van der Waals surface area contributed by atoms with Crippen molar-refractivity contribution in [2.24, 2.45) is 5.41 Å². The molecule has 1 saturated carbocycles. The fraction of sp³-hybridized carbons (Fsp3) is 0.364. The van der Waals surface area contributed by atoms with Crippen LogP contribution in [0.1, 0.15) is 25.3 Å². The first kappa shape index (κ1) is 22.4. The monoisotopic (exact) mass is 480 g/mol. The molecule has 0 spiro atoms. The molecular weight excluding hydrogens is 460 g/mol. The van der Waals surface area contributed by atoms with E-state index in [4.69, 9.17) is 30.5 Å². The summed E-state index contributed by atoms with van der Waals surface area (Å²) in [7, 11) is -4.16. The molecule has 0 aromatic heterocycles. The fourth-order valence-electron chi connectivity index (χ4n) is 4.17. The zero-order valence-corrected chi connectivity index (χ0v) is 18.9. The van der Waals surface area contributed by atoms with Gasteiger partial charge in [-0.25, -0.2) is 8.42 Å². The summed E-state index contributed by atoms with van der Waals surface area (Å²) >= 11 is 5.91. The van der Waals surface area contributed by atoms with E-state index in [0.29, 0.717) is 22.1 Å². The number of carbonyl (C=O) groups is 2. The van der Waals surface area contributed by atoms with Gasteiger partial charge in [0.2, 0.25) is 6.79 Å². The van der Waals surface area contributed by atoms with Gasteiger partial charge in [0.05, 0.1) is 18.1 Å². The molecular formula is C22H21ClO8S. The first-order valence-corrected chi connectivity index (χ1v) is 11.9. The maximum Gasteiger partial charge on any atom is 0.325 e. The van der Waals surface area contributed by atoms with Crippen molar-refractivity contribution in [2.75, 3.05) is 20.0 Å². The summed E-state index contributed by atoms with van der Waals surface area (Å²) in [5, 5.41) is -1.07. The average Bonchev–Trinajstić information content (AvgIpc) is 3.29. The molecule has 1 aliphatic carbocycles. The Hall–Kier alpha value is -2.78. The number of halogens is 1. The molecule has 0 radical (unpaired) electrons. The highest BCUT2D eigenvalue weighted by Crippen LogP contribution is 2.66. The largest absolute Gasteiger partial charge is 0.465 e. The smallest absolute Gasteiger partial charge is 0.325 e. The van der Waals surface area contributed by atoms with Gasteiger partial charge in [-0.05, 0) is 55.8 Å². The van der Waals surface area contributed by atoms with Crippen molar-refractivity contribution in [3.8, 4) is 11.5 Å². The van der Waals surface area contributed by atoms with Gasteiger partial charge in [-0.3, -0.25) is 9.59 Å². The minimum Gasteiger partial charge on any atom is -0.465 e. The van der Waals surface area contributed by atoms with Gasteiger partial charge in [-0.2, -0.15) is 0 Å². The van der Waals surface area contributed by atoms with Crippen molar-refractivity contribution in [3.05, 3.63) is 53.1 Å². The van der Waals surface area contributed by atoms with E-state index < -0.39 is 38.4 Å². The fourth-order valence-corrected chi connectivity index (χ4v) is 6.58. The van der Waals surface area contributed by atoms with Crippen LogP contribution < -0.4 is 9.47 Å². The molecule has 4 rings (SSSR count). The van der Waals surface area contributed by atoms with E-state index in [9.17, 15) is 18.0 Å². The van der Waals surface area contributed by atoms with Gasteiger partial charge in [0, 0.05) is 10.9 Å². The number of esters is 2. The predicted molar refractivity (Wildman–Crippen MR) is 113 cm³/mol. The van der Waals surface area contributed by atoms with Gasteiger partial charge in [0.15, 0.2) is 26.8 Å². The van der Waals surface area contributed by atoms with Crippen LogP contribution in [0.2, 0.25) is 5.02 Å². The van der Waals surface area contributed by atoms with Crippen molar-refractivity contribution >= 4 is 33.4 Å². The first-order chi connectivity index (χ1) is 15.3. The second-order valence-electron chi connectivity index (χ2n) is 7.32. The van der Waals surface area contributed by atoms with E-state index in [1.807, 2.05) is 0 Å². The number of fused-ring (bicyclic) bond motifs is 1. The van der Waals surface area contributed by atoms with Gasteiger partial charge in [0.25, 0.3) is 0 Å². The Bertz CT molecular complexity index is 1140. The van der Waals surface area contributed by atoms with Gasteiger partial charge in [-0.1, -0.05) is 17.7 Å². The van der Waals surface area contributed by atoms with Crippen LogP contribution in [0.5, 0.6) is 11.5 Å². The zero-order chi connectivity index (χ0) is 23.1. The van der Waals surface area contributed by atoms with Crippen molar-refractivity contribution in [1.82, 2.24) is 0 Å². The maximum atomic E-state index is 13.6. The molecule has 2 aromatic rings. The van der Waals surface area contributed by atoms with E-state index in [1.165, 1.54) is 24.3 Å². The summed E-state index contributed by atoms with van der Waals surface area (Å²) in [6.07, 6.45) is 0. The van der Waals surface area contributed by atoms with E-state index in [-0.39, 0.29) is 24.9 Å². The van der Waals surface area contributed by atoms with Crippen LogP contribution in [0.4, 0.5) is 0 Å². The van der Waals surface area contributed by atoms with E-state index in [2.05, 4.69) is 0 Å². The molecule has 2 aliphatic rings. The lowest BCUT2D eigenvalue weighted by molar-refractivity contribution is -0.164. The van der Waals surface area contributed by atoms with Crippen molar-refractivity contribution in [1.29, 1.82) is 0 Å². The SMILES string of the molecule is CCOC(=O)C1(C(=O)OCC)[C@H](S(=O)(=O)c2ccc(Cl)cc2)[C@@H]1c1ccc2c(c1)OCO2. The number of ether oxygens (including phenoxy) is 4. The lowest BCUT2D eigenvalue weighted by Gasteiger charge is -2.15. The third-order valence-corrected chi connectivity index (χ3v) is 8.09. The highest BCUT2D eigenvalue weighted by Gasteiger charge is 2.82. The number of rotatable bonds is 7. The maximum absolute atomic E-state index is 13.6. The molecule has 32 heavy (non-hydrogen) atoms. The van der Waals surface area contributed by atoms with Crippen molar-refractivity contribution in [2.45, 2.75) is 29.9 Å². The minimum atomic E-state index is -4.16. The lowest BCUT2D eigenvalue weighted by Crippen LogP contribution is -2.35. The first-order valence-electron chi connectivity index (χ1n) is 10.0. The molecule has 0 N–H and O–H groups in total. The van der Waals surface area contributed by atoms with Crippen LogP contribution in [0.15, 0.2) is 47.4 Å². The highest BCUT2D eigenvalue weighted by atomic mass is 35.5. The molecule has 1 fully saturated rings. The quantitative estimate of drug-likeness (QED) is 0.439. The minimum absolute atomic E-state index is 0.0247. The average molecular weight is 481 g/mol. The molecule has 2 atom stereocenters. The summed E-state index contributed by atoms with van der Waals surface area (Å²) in [6.45, 7) is 3.13.